The molecule has 0 saturated carbocycles. The van der Waals surface area contributed by atoms with Crippen LogP contribution in [0.3, 0.4) is 0 Å². The molecule has 2 atom stereocenters. The van der Waals surface area contributed by atoms with E-state index < -0.39 is 80.8 Å². The molecule has 8 nitrogen and oxygen atoms in total. The van der Waals surface area contributed by atoms with Gasteiger partial charge in [0, 0.05) is 5.69 Å². The van der Waals surface area contributed by atoms with Gasteiger partial charge in [0.05, 0.1) is 17.1 Å². The van der Waals surface area contributed by atoms with Gasteiger partial charge in [-0.3, -0.25) is 9.62 Å². The predicted octanol–water partition coefficient (Wildman–Crippen LogP) is 4.73. The lowest BCUT2D eigenvalue weighted by atomic mass is 10.1. The number of sulfonamides is 1. The molecule has 3 rings (SSSR count). The Bertz CT molecular complexity index is 1330. The number of hydrogen-bond acceptors (Lipinski definition) is 6. The number of aliphatic hydroxyl groups excluding tert-OH is 1. The second-order valence-corrected chi connectivity index (χ2v) is 10.3. The molecule has 0 unspecified atom stereocenters. The molecule has 0 aliphatic carbocycles. The minimum atomic E-state index is -5.24. The number of nitrogens with zero attached hydrogens (tertiary/aromatic N) is 1. The van der Waals surface area contributed by atoms with Crippen molar-refractivity contribution >= 4 is 27.5 Å². The maximum absolute atomic E-state index is 13.7. The molecule has 0 spiro atoms. The van der Waals surface area contributed by atoms with Crippen LogP contribution in [-0.2, 0) is 14.8 Å². The van der Waals surface area contributed by atoms with Crippen molar-refractivity contribution in [3.05, 3.63) is 48.0 Å². The first-order valence-corrected chi connectivity index (χ1v) is 11.8. The summed E-state index contributed by atoms with van der Waals surface area (Å²) >= 11 is 0. The van der Waals surface area contributed by atoms with Crippen LogP contribution in [0.1, 0.15) is 13.8 Å². The first-order chi connectivity index (χ1) is 17.2. The number of carbonyl (C=O) groups is 1. The number of anilines is 2. The molecule has 1 aliphatic rings. The highest BCUT2D eigenvalue weighted by molar-refractivity contribution is 7.92. The average Bonchev–Trinajstić information content (AvgIpc) is 2.77. The molecule has 1 aliphatic heterocycles. The van der Waals surface area contributed by atoms with Crippen molar-refractivity contribution in [1.82, 2.24) is 0 Å². The van der Waals surface area contributed by atoms with Crippen molar-refractivity contribution in [3.8, 4) is 5.75 Å². The van der Waals surface area contributed by atoms with Crippen LogP contribution in [0.4, 0.5) is 51.3 Å². The number of fused-ring (bicyclic) bond motifs is 1. The highest BCUT2D eigenvalue weighted by atomic mass is 32.2. The quantitative estimate of drug-likeness (QED) is 0.497. The summed E-state index contributed by atoms with van der Waals surface area (Å²) in [6.45, 7) is -0.0466. The van der Waals surface area contributed by atoms with Crippen LogP contribution in [0.15, 0.2) is 41.3 Å². The molecule has 0 bridgehead atoms. The number of ether oxygens (including phenoxy) is 2. The summed E-state index contributed by atoms with van der Waals surface area (Å²) < 4.78 is 142. The van der Waals surface area contributed by atoms with E-state index in [4.69, 9.17) is 4.74 Å². The Morgan fingerprint density at radius 1 is 1.08 bits per heavy atom. The van der Waals surface area contributed by atoms with E-state index in [1.54, 1.807) is 0 Å². The van der Waals surface area contributed by atoms with Crippen molar-refractivity contribution in [2.24, 2.45) is 0 Å². The monoisotopic (exact) mass is 578 g/mol. The largest absolute Gasteiger partial charge is 0.483 e. The lowest BCUT2D eigenvalue weighted by Crippen LogP contribution is -2.53. The van der Waals surface area contributed by atoms with Crippen LogP contribution in [0, 0.1) is 11.6 Å². The van der Waals surface area contributed by atoms with Crippen LogP contribution in [0.2, 0.25) is 0 Å². The van der Waals surface area contributed by atoms with Crippen LogP contribution >= 0.6 is 0 Å². The molecule has 38 heavy (non-hydrogen) atoms. The van der Waals surface area contributed by atoms with Crippen LogP contribution in [0.25, 0.3) is 0 Å². The Morgan fingerprint density at radius 2 is 1.71 bits per heavy atom. The highest BCUT2D eigenvalue weighted by Gasteiger charge is 2.51. The van der Waals surface area contributed by atoms with E-state index >= 15 is 0 Å². The zero-order chi connectivity index (χ0) is 28.8. The zero-order valence-electron chi connectivity index (χ0n) is 19.2. The molecular weight excluding hydrogens is 560 g/mol. The Hall–Kier alpha value is -3.34. The number of hydrogen-bond donors (Lipinski definition) is 2. The topological polar surface area (TPSA) is 105 Å². The van der Waals surface area contributed by atoms with Crippen LogP contribution in [0.5, 0.6) is 5.75 Å². The fraction of sp³-hybridized carbons (Fsp3) is 0.381. The van der Waals surface area contributed by atoms with Crippen LogP contribution < -0.4 is 14.4 Å². The highest BCUT2D eigenvalue weighted by Crippen LogP contribution is 2.41. The molecule has 17 heteroatoms. The molecule has 2 aromatic rings. The molecule has 0 radical (unpaired) electrons. The van der Waals surface area contributed by atoms with Crippen molar-refractivity contribution in [1.29, 1.82) is 0 Å². The van der Waals surface area contributed by atoms with Crippen LogP contribution in [-0.4, -0.2) is 56.3 Å². The maximum atomic E-state index is 13.7. The Labute approximate surface area is 209 Å². The van der Waals surface area contributed by atoms with Gasteiger partial charge in [0.15, 0.2) is 23.8 Å². The summed E-state index contributed by atoms with van der Waals surface area (Å²) in [5.41, 5.74) is -3.82. The molecule has 2 N–H and O–H groups in total. The third-order valence-corrected chi connectivity index (χ3v) is 7.07. The predicted molar refractivity (Wildman–Crippen MR) is 114 cm³/mol. The number of halogens is 8. The smallest absolute Gasteiger partial charge is 0.427 e. The number of nitrogens with one attached hydrogen (secondary N) is 1. The van der Waals surface area contributed by atoms with Gasteiger partial charge in [-0.05, 0) is 50.2 Å². The zero-order valence-corrected chi connectivity index (χ0v) is 20.0. The molecule has 1 heterocycles. The van der Waals surface area contributed by atoms with Gasteiger partial charge in [-0.1, -0.05) is 0 Å². The van der Waals surface area contributed by atoms with E-state index in [0.717, 1.165) is 18.2 Å². The lowest BCUT2D eigenvalue weighted by Gasteiger charge is -2.37. The van der Waals surface area contributed by atoms with Gasteiger partial charge in [0.25, 0.3) is 10.0 Å². The summed E-state index contributed by atoms with van der Waals surface area (Å²) in [7, 11) is -4.94. The van der Waals surface area contributed by atoms with Gasteiger partial charge in [0.1, 0.15) is 5.75 Å². The van der Waals surface area contributed by atoms with Gasteiger partial charge < -0.3 is 14.6 Å². The van der Waals surface area contributed by atoms with E-state index in [1.165, 1.54) is 0 Å². The summed E-state index contributed by atoms with van der Waals surface area (Å²) in [5, 5.41) is 11.6. The van der Waals surface area contributed by atoms with E-state index in [1.807, 2.05) is 5.32 Å². The fourth-order valence-corrected chi connectivity index (χ4v) is 4.64. The van der Waals surface area contributed by atoms with E-state index in [9.17, 15) is 53.4 Å². The number of rotatable bonds is 5. The molecule has 1 amide bonds. The minimum Gasteiger partial charge on any atom is -0.483 e. The second kappa shape index (κ2) is 9.76. The third-order valence-electron chi connectivity index (χ3n) is 5.30. The summed E-state index contributed by atoms with van der Waals surface area (Å²) in [6, 6.07) is 4.02. The van der Waals surface area contributed by atoms with Gasteiger partial charge in [0.2, 0.25) is 5.60 Å². The summed E-state index contributed by atoms with van der Waals surface area (Å²) in [6.07, 6.45) is -17.2. The molecular formula is C21H18F8N2O6S. The average molecular weight is 578 g/mol. The molecule has 210 valence electrons. The maximum Gasteiger partial charge on any atom is 0.427 e. The lowest BCUT2D eigenvalue weighted by molar-refractivity contribution is -0.242. The molecule has 0 saturated heterocycles. The van der Waals surface area contributed by atoms with Crippen molar-refractivity contribution in [3.63, 3.8) is 0 Å². The number of benzene rings is 2. The first-order valence-electron chi connectivity index (χ1n) is 10.3. The van der Waals surface area contributed by atoms with Gasteiger partial charge in [-0.15, -0.1) is 0 Å². The van der Waals surface area contributed by atoms with Gasteiger partial charge in [-0.25, -0.2) is 22.0 Å². The number of alkyl halides is 6. The normalized spacial score (nSPS) is 17.3. The number of amides is 1. The second-order valence-electron chi connectivity index (χ2n) is 8.46. The summed E-state index contributed by atoms with van der Waals surface area (Å²) in [5.74, 6) is -3.55. The number of aliphatic hydroxyl groups is 1. The molecule has 0 fully saturated rings. The van der Waals surface area contributed by atoms with Crippen molar-refractivity contribution in [2.75, 3.05) is 16.2 Å². The standard InChI is InChI=1S/C21H18F8N2O6S/c1-19(2,21(27,28)29)37-18(33)30-10-3-6-15-14(7-10)31(9-16(36-15)17(32)20(24,25)26)38(34,35)11-4-5-12(22)13(23)8-11/h3-8,16-17,32H,9H2,1-2H3,(H,30,33)/t16-,17+/m0/s1. The SMILES string of the molecule is CC(C)(OC(=O)Nc1ccc2c(c1)N(S(=O)(=O)c1ccc(F)c(F)c1)C[C@@H]([C@@H](O)C(F)(F)F)O2)C(F)(F)F. The molecule has 0 aromatic heterocycles. The minimum absolute atomic E-state index is 0.272. The van der Waals surface area contributed by atoms with Gasteiger partial charge >= 0.3 is 18.4 Å². The van der Waals surface area contributed by atoms with Crippen molar-refractivity contribution < 1.29 is 62.9 Å². The van der Waals surface area contributed by atoms with Gasteiger partial charge in [-0.2, -0.15) is 26.3 Å². The van der Waals surface area contributed by atoms with Crippen molar-refractivity contribution in [2.45, 2.75) is 48.9 Å². The summed E-state index contributed by atoms with van der Waals surface area (Å²) in [4.78, 5) is 11.2. The van der Waals surface area contributed by atoms with E-state index in [2.05, 4.69) is 4.74 Å². The van der Waals surface area contributed by atoms with E-state index in [0.29, 0.717) is 26.0 Å². The third kappa shape index (κ3) is 5.87. The Balaban J connectivity index is 2.03. The number of carbonyl (C=O) groups excluding carboxylic acids is 1. The first kappa shape index (κ1) is 29.2. The Morgan fingerprint density at radius 3 is 2.26 bits per heavy atom. The molecule has 2 aromatic carbocycles. The fourth-order valence-electron chi connectivity index (χ4n) is 3.15. The van der Waals surface area contributed by atoms with E-state index in [-0.39, 0.29) is 16.1 Å². The Kier molecular flexibility index (Phi) is 7.50.